The molecule has 2 aromatic carbocycles. The first kappa shape index (κ1) is 21.6. The molecule has 8 nitrogen and oxygen atoms in total. The van der Waals surface area contributed by atoms with Crippen LogP contribution in [0.2, 0.25) is 0 Å². The SMILES string of the molecule is COc1ccc(Nc2nc(Nc3cccc(C)c3)nc(N3CCOCC3)n2)cc1.Cl. The van der Waals surface area contributed by atoms with Crippen LogP contribution in [0, 0.1) is 6.92 Å². The van der Waals surface area contributed by atoms with Gasteiger partial charge >= 0.3 is 0 Å². The second-order valence-corrected chi connectivity index (χ2v) is 6.73. The molecule has 1 aliphatic rings. The number of aromatic nitrogens is 3. The summed E-state index contributed by atoms with van der Waals surface area (Å²) in [5, 5.41) is 6.55. The predicted molar refractivity (Wildman–Crippen MR) is 121 cm³/mol. The summed E-state index contributed by atoms with van der Waals surface area (Å²) >= 11 is 0. The van der Waals surface area contributed by atoms with Crippen LogP contribution in [-0.2, 0) is 4.74 Å². The van der Waals surface area contributed by atoms with Crippen molar-refractivity contribution in [1.29, 1.82) is 0 Å². The molecule has 0 radical (unpaired) electrons. The van der Waals surface area contributed by atoms with Crippen LogP contribution in [0.1, 0.15) is 5.56 Å². The van der Waals surface area contributed by atoms with Gasteiger partial charge in [0.15, 0.2) is 0 Å². The first-order chi connectivity index (χ1) is 14.2. The van der Waals surface area contributed by atoms with Crippen LogP contribution in [0.4, 0.5) is 29.2 Å². The van der Waals surface area contributed by atoms with Crippen LogP contribution >= 0.6 is 12.4 Å². The quantitative estimate of drug-likeness (QED) is 0.610. The van der Waals surface area contributed by atoms with Gasteiger partial charge in [0, 0.05) is 24.5 Å². The maximum atomic E-state index is 5.45. The van der Waals surface area contributed by atoms with E-state index in [1.807, 2.05) is 36.4 Å². The number of hydrogen-bond acceptors (Lipinski definition) is 8. The number of nitrogens with one attached hydrogen (secondary N) is 2. The Balaban J connectivity index is 0.00000256. The number of anilines is 5. The Hall–Kier alpha value is -3.10. The average Bonchev–Trinajstić information content (AvgIpc) is 2.75. The number of benzene rings is 2. The molecule has 1 aliphatic heterocycles. The highest BCUT2D eigenvalue weighted by Gasteiger charge is 2.17. The lowest BCUT2D eigenvalue weighted by Gasteiger charge is -2.27. The van der Waals surface area contributed by atoms with Crippen molar-refractivity contribution in [3.63, 3.8) is 0 Å². The first-order valence-electron chi connectivity index (χ1n) is 9.53. The highest BCUT2D eigenvalue weighted by Crippen LogP contribution is 2.22. The number of ether oxygens (including phenoxy) is 2. The summed E-state index contributed by atoms with van der Waals surface area (Å²) in [6.07, 6.45) is 0. The molecule has 0 unspecified atom stereocenters. The topological polar surface area (TPSA) is 84.4 Å². The van der Waals surface area contributed by atoms with Gasteiger partial charge in [-0.25, -0.2) is 0 Å². The van der Waals surface area contributed by atoms with Crippen molar-refractivity contribution in [3.05, 3.63) is 54.1 Å². The van der Waals surface area contributed by atoms with Gasteiger partial charge in [0.1, 0.15) is 5.75 Å². The molecule has 9 heteroatoms. The third kappa shape index (κ3) is 5.49. The number of rotatable bonds is 6. The minimum Gasteiger partial charge on any atom is -0.497 e. The van der Waals surface area contributed by atoms with Crippen molar-refractivity contribution in [2.24, 2.45) is 0 Å². The lowest BCUT2D eigenvalue weighted by molar-refractivity contribution is 0.122. The maximum Gasteiger partial charge on any atom is 0.233 e. The Labute approximate surface area is 182 Å². The normalized spacial score (nSPS) is 13.3. The molecule has 3 aromatic rings. The minimum absolute atomic E-state index is 0. The molecule has 0 saturated carbocycles. The van der Waals surface area contributed by atoms with E-state index in [4.69, 9.17) is 9.47 Å². The summed E-state index contributed by atoms with van der Waals surface area (Å²) in [7, 11) is 1.65. The lowest BCUT2D eigenvalue weighted by atomic mass is 10.2. The van der Waals surface area contributed by atoms with E-state index in [1.54, 1.807) is 7.11 Å². The van der Waals surface area contributed by atoms with Gasteiger partial charge in [-0.05, 0) is 48.9 Å². The molecule has 0 bridgehead atoms. The van der Waals surface area contributed by atoms with E-state index in [2.05, 4.69) is 49.5 Å². The van der Waals surface area contributed by atoms with Crippen molar-refractivity contribution in [2.75, 3.05) is 48.9 Å². The number of hydrogen-bond donors (Lipinski definition) is 2. The van der Waals surface area contributed by atoms with Gasteiger partial charge in [-0.1, -0.05) is 12.1 Å². The molecule has 4 rings (SSSR count). The lowest BCUT2D eigenvalue weighted by Crippen LogP contribution is -2.37. The molecule has 0 amide bonds. The largest absolute Gasteiger partial charge is 0.497 e. The van der Waals surface area contributed by atoms with Crippen LogP contribution in [0.25, 0.3) is 0 Å². The molecule has 2 heterocycles. The molecular formula is C21H25ClN6O2. The minimum atomic E-state index is 0. The second-order valence-electron chi connectivity index (χ2n) is 6.73. The summed E-state index contributed by atoms with van der Waals surface area (Å²) in [5.74, 6) is 2.38. The molecular weight excluding hydrogens is 404 g/mol. The number of halogens is 1. The Kier molecular flexibility index (Phi) is 7.26. The summed E-state index contributed by atoms with van der Waals surface area (Å²) < 4.78 is 10.7. The zero-order valence-corrected chi connectivity index (χ0v) is 17.8. The monoisotopic (exact) mass is 428 g/mol. The predicted octanol–water partition coefficient (Wildman–Crippen LogP) is 3.93. The molecule has 0 atom stereocenters. The third-order valence-corrected chi connectivity index (χ3v) is 4.54. The van der Waals surface area contributed by atoms with E-state index in [9.17, 15) is 0 Å². The van der Waals surface area contributed by atoms with Gasteiger partial charge in [-0.15, -0.1) is 12.4 Å². The summed E-state index contributed by atoms with van der Waals surface area (Å²) in [6.45, 7) is 4.86. The summed E-state index contributed by atoms with van der Waals surface area (Å²) in [4.78, 5) is 15.9. The van der Waals surface area contributed by atoms with Gasteiger partial charge in [-0.3, -0.25) is 0 Å². The van der Waals surface area contributed by atoms with Gasteiger partial charge in [0.25, 0.3) is 0 Å². The Morgan fingerprint density at radius 1 is 0.900 bits per heavy atom. The average molecular weight is 429 g/mol. The standard InChI is InChI=1S/C21H24N6O2.ClH/c1-15-4-3-5-17(14-15)23-20-24-19(22-16-6-8-18(28-2)9-7-16)25-21(26-20)27-10-12-29-13-11-27;/h3-9,14H,10-13H2,1-2H3,(H2,22,23,24,25,26);1H. The fourth-order valence-corrected chi connectivity index (χ4v) is 3.04. The first-order valence-corrected chi connectivity index (χ1v) is 9.53. The molecule has 0 aliphatic carbocycles. The molecule has 2 N–H and O–H groups in total. The van der Waals surface area contributed by atoms with Crippen LogP contribution in [0.15, 0.2) is 48.5 Å². The zero-order valence-electron chi connectivity index (χ0n) is 17.0. The summed E-state index contributed by atoms with van der Waals surface area (Å²) in [6, 6.07) is 15.7. The van der Waals surface area contributed by atoms with Gasteiger partial charge in [0.05, 0.1) is 20.3 Å². The van der Waals surface area contributed by atoms with Crippen molar-refractivity contribution < 1.29 is 9.47 Å². The Bertz CT molecular complexity index is 964. The van der Waals surface area contributed by atoms with Crippen molar-refractivity contribution in [3.8, 4) is 5.75 Å². The molecule has 1 saturated heterocycles. The van der Waals surface area contributed by atoms with E-state index < -0.39 is 0 Å². The van der Waals surface area contributed by atoms with E-state index in [-0.39, 0.29) is 12.4 Å². The van der Waals surface area contributed by atoms with Crippen LogP contribution < -0.4 is 20.3 Å². The van der Waals surface area contributed by atoms with Gasteiger partial charge < -0.3 is 25.0 Å². The molecule has 1 aromatic heterocycles. The smallest absolute Gasteiger partial charge is 0.233 e. The third-order valence-electron chi connectivity index (χ3n) is 4.54. The number of morpholine rings is 1. The molecule has 158 valence electrons. The van der Waals surface area contributed by atoms with Gasteiger partial charge in [-0.2, -0.15) is 15.0 Å². The number of methoxy groups -OCH3 is 1. The molecule has 1 fully saturated rings. The van der Waals surface area contributed by atoms with E-state index in [1.165, 1.54) is 0 Å². The summed E-state index contributed by atoms with van der Waals surface area (Å²) in [5.41, 5.74) is 2.96. The number of nitrogens with zero attached hydrogens (tertiary/aromatic N) is 4. The van der Waals surface area contributed by atoms with E-state index >= 15 is 0 Å². The van der Waals surface area contributed by atoms with Crippen LogP contribution in [0.3, 0.4) is 0 Å². The van der Waals surface area contributed by atoms with E-state index in [0.29, 0.717) is 31.1 Å². The highest BCUT2D eigenvalue weighted by molar-refractivity contribution is 5.85. The Morgan fingerprint density at radius 3 is 2.20 bits per heavy atom. The Morgan fingerprint density at radius 2 is 1.57 bits per heavy atom. The molecule has 0 spiro atoms. The van der Waals surface area contributed by atoms with Crippen molar-refractivity contribution in [1.82, 2.24) is 15.0 Å². The van der Waals surface area contributed by atoms with Crippen LogP contribution in [0.5, 0.6) is 5.75 Å². The number of aryl methyl sites for hydroxylation is 1. The van der Waals surface area contributed by atoms with Crippen molar-refractivity contribution in [2.45, 2.75) is 6.92 Å². The maximum absolute atomic E-state index is 5.45. The fourth-order valence-electron chi connectivity index (χ4n) is 3.04. The van der Waals surface area contributed by atoms with Crippen molar-refractivity contribution >= 4 is 41.6 Å². The zero-order chi connectivity index (χ0) is 20.1. The van der Waals surface area contributed by atoms with Crippen LogP contribution in [-0.4, -0.2) is 48.4 Å². The van der Waals surface area contributed by atoms with Gasteiger partial charge in [0.2, 0.25) is 17.8 Å². The second kappa shape index (κ2) is 10.1. The fraction of sp³-hybridized carbons (Fsp3) is 0.286. The van der Waals surface area contributed by atoms with E-state index in [0.717, 1.165) is 35.8 Å². The highest BCUT2D eigenvalue weighted by atomic mass is 35.5. The molecule has 30 heavy (non-hydrogen) atoms.